The molecule has 0 radical (unpaired) electrons. The van der Waals surface area contributed by atoms with Crippen LogP contribution in [0, 0.1) is 12.8 Å². The van der Waals surface area contributed by atoms with Gasteiger partial charge >= 0.3 is 5.97 Å². The smallest absolute Gasteiger partial charge is 0.308 e. The quantitative estimate of drug-likeness (QED) is 0.267. The van der Waals surface area contributed by atoms with Crippen molar-refractivity contribution in [2.45, 2.75) is 134 Å². The van der Waals surface area contributed by atoms with Crippen molar-refractivity contribution in [3.8, 4) is 0 Å². The molecule has 28 heavy (non-hydrogen) atoms. The first-order valence-corrected chi connectivity index (χ1v) is 13.2. The van der Waals surface area contributed by atoms with Gasteiger partial charge in [0.05, 0.1) is 22.4 Å². The van der Waals surface area contributed by atoms with Gasteiger partial charge in [-0.05, 0) is 97.8 Å². The molecular weight excluding hydrogens is 410 g/mol. The first-order valence-electron chi connectivity index (χ1n) is 11.5. The summed E-state index contributed by atoms with van der Waals surface area (Å²) in [5.74, 6) is -0.757. The van der Waals surface area contributed by atoms with Crippen LogP contribution >= 0.6 is 7.92 Å². The molecule has 0 aliphatic heterocycles. The summed E-state index contributed by atoms with van der Waals surface area (Å²) in [6, 6.07) is 0. The van der Waals surface area contributed by atoms with Crippen molar-refractivity contribution in [2.24, 2.45) is 5.41 Å². The fourth-order valence-electron chi connectivity index (χ4n) is 5.31. The Morgan fingerprint density at radius 3 is 1.07 bits per heavy atom. The third-order valence-electron chi connectivity index (χ3n) is 6.87. The van der Waals surface area contributed by atoms with E-state index < -0.39 is 11.4 Å². The zero-order chi connectivity index (χ0) is 19.0. The van der Waals surface area contributed by atoms with Crippen molar-refractivity contribution >= 4 is 13.9 Å². The van der Waals surface area contributed by atoms with Crippen molar-refractivity contribution in [3.63, 3.8) is 0 Å². The van der Waals surface area contributed by atoms with Gasteiger partial charge in [0, 0.05) is 24.4 Å². The van der Waals surface area contributed by atoms with Crippen molar-refractivity contribution < 1.29 is 26.4 Å². The third-order valence-corrected chi connectivity index (χ3v) is 11.4. The Balaban J connectivity index is 0.000000707. The number of aliphatic carboxylic acids is 1. The molecule has 3 fully saturated rings. The molecule has 170 valence electrons. The summed E-state index contributed by atoms with van der Waals surface area (Å²) >= 11 is 0. The van der Waals surface area contributed by atoms with Crippen LogP contribution in [0.2, 0.25) is 0 Å². The van der Waals surface area contributed by atoms with Gasteiger partial charge in [0.15, 0.2) is 0 Å². The van der Waals surface area contributed by atoms with E-state index in [1.165, 1.54) is 17.0 Å². The molecule has 3 saturated carbocycles. The minimum absolute atomic E-state index is 0. The molecule has 4 heteroatoms. The van der Waals surface area contributed by atoms with Crippen LogP contribution in [0.4, 0.5) is 0 Å². The standard InChI is InChI=1S/C18H33P.C5H10O2.CH3.Ni/c1-4-10-16(11-5-1)19(17-12-6-2-7-13-17)18-14-8-3-9-15-18;1-5(2,3)4(6)7;;/h16-18H,1-15H2;1-3H3,(H,6,7);1H3;/q;;-1;/p+1. The Kier molecular flexibility index (Phi) is 14.6. The molecule has 0 bridgehead atoms. The van der Waals surface area contributed by atoms with E-state index in [4.69, 9.17) is 5.11 Å². The van der Waals surface area contributed by atoms with E-state index >= 15 is 0 Å². The molecule has 3 aliphatic rings. The molecule has 0 aromatic heterocycles. The number of hydrogen-bond donors (Lipinski definition) is 1. The van der Waals surface area contributed by atoms with Crippen molar-refractivity contribution in [1.82, 2.24) is 0 Å². The van der Waals surface area contributed by atoms with Crippen LogP contribution in [-0.2, 0) is 21.3 Å². The van der Waals surface area contributed by atoms with E-state index in [2.05, 4.69) is 0 Å². The van der Waals surface area contributed by atoms with Gasteiger partial charge in [0.2, 0.25) is 0 Å². The van der Waals surface area contributed by atoms with Crippen molar-refractivity contribution in [1.29, 1.82) is 0 Å². The molecule has 2 nitrogen and oxygen atoms in total. The summed E-state index contributed by atoms with van der Waals surface area (Å²) in [7, 11) is -0.0465. The van der Waals surface area contributed by atoms with Gasteiger partial charge in [-0.1, -0.05) is 19.3 Å². The van der Waals surface area contributed by atoms with Crippen molar-refractivity contribution in [3.05, 3.63) is 7.43 Å². The predicted octanol–water partition coefficient (Wildman–Crippen LogP) is 7.76. The van der Waals surface area contributed by atoms with Crippen LogP contribution in [-0.4, -0.2) is 28.1 Å². The summed E-state index contributed by atoms with van der Waals surface area (Å²) in [5, 5.41) is 8.25. The first kappa shape index (κ1) is 28.4. The fraction of sp³-hybridized carbons (Fsp3) is 0.917. The minimum Gasteiger partial charge on any atom is -0.481 e. The topological polar surface area (TPSA) is 37.3 Å². The largest absolute Gasteiger partial charge is 0.481 e. The molecule has 3 rings (SSSR count). The van der Waals surface area contributed by atoms with Gasteiger partial charge in [0.1, 0.15) is 0 Å². The number of hydrogen-bond acceptors (Lipinski definition) is 1. The summed E-state index contributed by atoms with van der Waals surface area (Å²) in [6.45, 7) is 4.99. The Hall–Kier alpha value is 0.394. The van der Waals surface area contributed by atoms with E-state index in [1.807, 2.05) is 0 Å². The van der Waals surface area contributed by atoms with Gasteiger partial charge in [-0.15, -0.1) is 0 Å². The molecular formula is C24H47NiO2P. The average Bonchev–Trinajstić information content (AvgIpc) is 2.64. The molecule has 1 N–H and O–H groups in total. The molecule has 3 aliphatic carbocycles. The molecule has 0 atom stereocenters. The molecule has 0 aromatic rings. The summed E-state index contributed by atoms with van der Waals surface area (Å²) < 4.78 is 0. The van der Waals surface area contributed by atoms with Crippen molar-refractivity contribution in [2.75, 3.05) is 0 Å². The molecule has 0 saturated heterocycles. The predicted molar refractivity (Wildman–Crippen MR) is 122 cm³/mol. The number of carbonyl (C=O) groups is 1. The van der Waals surface area contributed by atoms with Crippen LogP contribution < -0.4 is 0 Å². The summed E-state index contributed by atoms with van der Waals surface area (Å²) in [4.78, 5) is 10.0. The maximum atomic E-state index is 10.0. The Morgan fingerprint density at radius 2 is 0.893 bits per heavy atom. The maximum Gasteiger partial charge on any atom is 0.308 e. The fourth-order valence-corrected chi connectivity index (χ4v) is 10.5. The first-order chi connectivity index (χ1) is 12.4. The molecule has 0 amide bonds. The van der Waals surface area contributed by atoms with E-state index in [0.717, 1.165) is 0 Å². The van der Waals surface area contributed by atoms with E-state index in [-0.39, 0.29) is 31.8 Å². The van der Waals surface area contributed by atoms with Crippen LogP contribution in [0.3, 0.4) is 0 Å². The monoisotopic (exact) mass is 456 g/mol. The maximum absolute atomic E-state index is 10.0. The van der Waals surface area contributed by atoms with E-state index in [1.54, 1.807) is 117 Å². The van der Waals surface area contributed by atoms with E-state index in [0.29, 0.717) is 0 Å². The molecule has 0 heterocycles. The molecule has 0 unspecified atom stereocenters. The summed E-state index contributed by atoms with van der Waals surface area (Å²) in [5.41, 5.74) is 3.10. The zero-order valence-electron chi connectivity index (χ0n) is 19.0. The second-order valence-electron chi connectivity index (χ2n) is 10.1. The van der Waals surface area contributed by atoms with Crippen LogP contribution in [0.15, 0.2) is 0 Å². The van der Waals surface area contributed by atoms with Gasteiger partial charge in [0.25, 0.3) is 0 Å². The number of carboxylic acid groups (broad SMARTS) is 1. The minimum atomic E-state index is -0.757. The SMILES string of the molecule is C1CCC([PH+](C2CCCCC2)C2CCCCC2)CC1.CC(C)(C)C(=O)O.[CH3-].[Ni]. The normalized spacial score (nSPS) is 22.4. The summed E-state index contributed by atoms with van der Waals surface area (Å²) in [6.07, 6.45) is 23.8. The van der Waals surface area contributed by atoms with Crippen LogP contribution in [0.1, 0.15) is 117 Å². The van der Waals surface area contributed by atoms with Crippen LogP contribution in [0.25, 0.3) is 0 Å². The molecule has 0 aromatic carbocycles. The van der Waals surface area contributed by atoms with E-state index in [9.17, 15) is 4.79 Å². The third kappa shape index (κ3) is 9.47. The van der Waals surface area contributed by atoms with Gasteiger partial charge < -0.3 is 12.5 Å². The van der Waals surface area contributed by atoms with Gasteiger partial charge in [-0.2, -0.15) is 0 Å². The number of rotatable bonds is 3. The molecule has 0 spiro atoms. The number of carboxylic acids is 1. The van der Waals surface area contributed by atoms with Gasteiger partial charge in [-0.25, -0.2) is 0 Å². The second kappa shape index (κ2) is 14.4. The van der Waals surface area contributed by atoms with Gasteiger partial charge in [-0.3, -0.25) is 4.79 Å². The van der Waals surface area contributed by atoms with Crippen LogP contribution in [0.5, 0.6) is 0 Å². The Labute approximate surface area is 187 Å². The second-order valence-corrected chi connectivity index (χ2v) is 13.5. The Bertz CT molecular complexity index is 361. The zero-order valence-corrected chi connectivity index (χ0v) is 21.0. The average molecular weight is 457 g/mol. The Morgan fingerprint density at radius 1 is 0.679 bits per heavy atom.